The van der Waals surface area contributed by atoms with Crippen LogP contribution in [0.3, 0.4) is 0 Å². The highest BCUT2D eigenvalue weighted by atomic mass is 79.9. The van der Waals surface area contributed by atoms with Crippen LogP contribution >= 0.6 is 15.9 Å². The van der Waals surface area contributed by atoms with E-state index >= 15 is 0 Å². The van der Waals surface area contributed by atoms with Crippen molar-refractivity contribution in [3.05, 3.63) is 0 Å². The maximum Gasteiger partial charge on any atom is 0.00949 e. The van der Waals surface area contributed by atoms with E-state index in [1.165, 1.54) is 32.5 Å². The van der Waals surface area contributed by atoms with Crippen LogP contribution in [0.5, 0.6) is 0 Å². The van der Waals surface area contributed by atoms with Crippen LogP contribution in [0.1, 0.15) is 40.5 Å². The molecule has 0 aromatic heterocycles. The summed E-state index contributed by atoms with van der Waals surface area (Å²) in [6, 6.07) is 0. The third-order valence-corrected chi connectivity index (χ3v) is 4.74. The molecule has 0 spiro atoms. The molecule has 1 fully saturated rings. The molecule has 1 heterocycles. The molecule has 1 rings (SSSR count). The SMILES string of the molecule is CC1(C)CCN(CC(C)(C)CBr)CC1. The topological polar surface area (TPSA) is 3.24 Å². The van der Waals surface area contributed by atoms with Crippen LogP contribution in [0.2, 0.25) is 0 Å². The summed E-state index contributed by atoms with van der Waals surface area (Å²) in [7, 11) is 0. The molecule has 0 aromatic rings. The van der Waals surface area contributed by atoms with Gasteiger partial charge >= 0.3 is 0 Å². The zero-order valence-electron chi connectivity index (χ0n) is 10.1. The van der Waals surface area contributed by atoms with Crippen LogP contribution in [-0.4, -0.2) is 29.9 Å². The van der Waals surface area contributed by atoms with Gasteiger partial charge in [-0.1, -0.05) is 43.6 Å². The summed E-state index contributed by atoms with van der Waals surface area (Å²) in [6.45, 7) is 13.2. The van der Waals surface area contributed by atoms with Gasteiger partial charge in [0, 0.05) is 11.9 Å². The fourth-order valence-electron chi connectivity index (χ4n) is 1.96. The maximum atomic E-state index is 3.59. The molecule has 1 aliphatic heterocycles. The molecular weight excluding hydrogens is 238 g/mol. The van der Waals surface area contributed by atoms with E-state index in [0.29, 0.717) is 10.8 Å². The molecule has 0 N–H and O–H groups in total. The van der Waals surface area contributed by atoms with Gasteiger partial charge in [-0.25, -0.2) is 0 Å². The van der Waals surface area contributed by atoms with E-state index in [2.05, 4.69) is 48.5 Å². The Labute approximate surface area is 97.4 Å². The van der Waals surface area contributed by atoms with Crippen molar-refractivity contribution in [1.29, 1.82) is 0 Å². The minimum absolute atomic E-state index is 0.418. The second-order valence-electron chi connectivity index (χ2n) is 6.24. The van der Waals surface area contributed by atoms with Gasteiger partial charge in [-0.15, -0.1) is 0 Å². The Kier molecular flexibility index (Phi) is 4.04. The molecule has 0 unspecified atom stereocenters. The zero-order valence-corrected chi connectivity index (χ0v) is 11.7. The number of rotatable bonds is 3. The smallest absolute Gasteiger partial charge is 0.00949 e. The third-order valence-electron chi connectivity index (χ3n) is 3.22. The van der Waals surface area contributed by atoms with Crippen molar-refractivity contribution >= 4 is 15.9 Å². The van der Waals surface area contributed by atoms with Gasteiger partial charge in [0.25, 0.3) is 0 Å². The molecule has 0 bridgehead atoms. The van der Waals surface area contributed by atoms with Crippen molar-refractivity contribution in [3.8, 4) is 0 Å². The monoisotopic (exact) mass is 261 g/mol. The van der Waals surface area contributed by atoms with Crippen molar-refractivity contribution < 1.29 is 0 Å². The third kappa shape index (κ3) is 3.90. The first kappa shape index (κ1) is 12.5. The average Bonchev–Trinajstić information content (AvgIpc) is 2.09. The molecule has 0 amide bonds. The normalized spacial score (nSPS) is 23.8. The fraction of sp³-hybridized carbons (Fsp3) is 1.00. The molecule has 0 aliphatic carbocycles. The molecule has 0 saturated carbocycles. The van der Waals surface area contributed by atoms with E-state index in [4.69, 9.17) is 0 Å². The van der Waals surface area contributed by atoms with E-state index in [9.17, 15) is 0 Å². The molecule has 1 nitrogen and oxygen atoms in total. The minimum atomic E-state index is 0.418. The number of alkyl halides is 1. The van der Waals surface area contributed by atoms with Crippen LogP contribution in [0, 0.1) is 10.8 Å². The zero-order chi connectivity index (χ0) is 10.8. The Morgan fingerprint density at radius 2 is 1.71 bits per heavy atom. The number of piperidine rings is 1. The summed E-state index contributed by atoms with van der Waals surface area (Å²) in [5.74, 6) is 0. The highest BCUT2D eigenvalue weighted by Crippen LogP contribution is 2.31. The maximum absolute atomic E-state index is 3.59. The van der Waals surface area contributed by atoms with E-state index in [1.54, 1.807) is 0 Å². The highest BCUT2D eigenvalue weighted by molar-refractivity contribution is 9.09. The standard InChI is InChI=1S/C12H24BrN/c1-11(2)5-7-14(8-6-11)10-12(3,4)9-13/h5-10H2,1-4H3. The molecule has 0 radical (unpaired) electrons. The minimum Gasteiger partial charge on any atom is -0.303 e. The average molecular weight is 262 g/mol. The molecule has 0 aromatic carbocycles. The quantitative estimate of drug-likeness (QED) is 0.703. The summed E-state index contributed by atoms with van der Waals surface area (Å²) in [5, 5.41) is 1.10. The van der Waals surface area contributed by atoms with E-state index in [0.717, 1.165) is 5.33 Å². The van der Waals surface area contributed by atoms with Gasteiger partial charge in [0.1, 0.15) is 0 Å². The Bertz CT molecular complexity index is 177. The van der Waals surface area contributed by atoms with E-state index in [-0.39, 0.29) is 0 Å². The summed E-state index contributed by atoms with van der Waals surface area (Å²) in [4.78, 5) is 2.62. The van der Waals surface area contributed by atoms with Crippen molar-refractivity contribution in [2.45, 2.75) is 40.5 Å². The summed E-state index contributed by atoms with van der Waals surface area (Å²) >= 11 is 3.59. The summed E-state index contributed by atoms with van der Waals surface area (Å²) < 4.78 is 0. The van der Waals surface area contributed by atoms with E-state index < -0.39 is 0 Å². The second-order valence-corrected chi connectivity index (χ2v) is 6.80. The van der Waals surface area contributed by atoms with Gasteiger partial charge in [-0.2, -0.15) is 0 Å². The Morgan fingerprint density at radius 3 is 2.14 bits per heavy atom. The molecule has 0 atom stereocenters. The van der Waals surface area contributed by atoms with Gasteiger partial charge < -0.3 is 4.90 Å². The number of nitrogens with zero attached hydrogens (tertiary/aromatic N) is 1. The Morgan fingerprint density at radius 1 is 1.21 bits per heavy atom. The second kappa shape index (κ2) is 4.52. The number of likely N-dealkylation sites (tertiary alicyclic amines) is 1. The lowest BCUT2D eigenvalue weighted by Crippen LogP contribution is -2.42. The summed E-state index contributed by atoms with van der Waals surface area (Å²) in [5.41, 5.74) is 0.997. The lowest BCUT2D eigenvalue weighted by Gasteiger charge is -2.40. The molecular formula is C12H24BrN. The molecule has 14 heavy (non-hydrogen) atoms. The van der Waals surface area contributed by atoms with Crippen molar-refractivity contribution in [2.75, 3.05) is 25.0 Å². The van der Waals surface area contributed by atoms with Crippen LogP contribution in [-0.2, 0) is 0 Å². The Hall–Kier alpha value is 0.440. The van der Waals surface area contributed by atoms with Gasteiger partial charge in [-0.05, 0) is 36.8 Å². The first-order valence-electron chi connectivity index (χ1n) is 5.63. The lowest BCUT2D eigenvalue weighted by atomic mass is 9.82. The van der Waals surface area contributed by atoms with Crippen molar-refractivity contribution in [1.82, 2.24) is 4.90 Å². The predicted molar refractivity (Wildman–Crippen MR) is 67.0 cm³/mol. The molecule has 1 saturated heterocycles. The van der Waals surface area contributed by atoms with Crippen LogP contribution < -0.4 is 0 Å². The summed E-state index contributed by atoms with van der Waals surface area (Å²) in [6.07, 6.45) is 2.71. The number of hydrogen-bond acceptors (Lipinski definition) is 1. The Balaban J connectivity index is 2.36. The number of hydrogen-bond donors (Lipinski definition) is 0. The van der Waals surface area contributed by atoms with Crippen LogP contribution in [0.25, 0.3) is 0 Å². The lowest BCUT2D eigenvalue weighted by molar-refractivity contribution is 0.102. The molecule has 2 heteroatoms. The first-order valence-corrected chi connectivity index (χ1v) is 6.75. The van der Waals surface area contributed by atoms with Crippen molar-refractivity contribution in [2.24, 2.45) is 10.8 Å². The van der Waals surface area contributed by atoms with Crippen LogP contribution in [0.15, 0.2) is 0 Å². The van der Waals surface area contributed by atoms with Gasteiger partial charge in [0.2, 0.25) is 0 Å². The fourth-order valence-corrected chi connectivity index (χ4v) is 2.14. The van der Waals surface area contributed by atoms with Crippen LogP contribution in [0.4, 0.5) is 0 Å². The molecule has 1 aliphatic rings. The number of halogens is 1. The highest BCUT2D eigenvalue weighted by Gasteiger charge is 2.28. The van der Waals surface area contributed by atoms with Gasteiger partial charge in [-0.3, -0.25) is 0 Å². The largest absolute Gasteiger partial charge is 0.303 e. The van der Waals surface area contributed by atoms with Gasteiger partial charge in [0.15, 0.2) is 0 Å². The van der Waals surface area contributed by atoms with Gasteiger partial charge in [0.05, 0.1) is 0 Å². The molecule has 84 valence electrons. The van der Waals surface area contributed by atoms with E-state index in [1.807, 2.05) is 0 Å². The predicted octanol–water partition coefficient (Wildman–Crippen LogP) is 3.53. The van der Waals surface area contributed by atoms with Crippen molar-refractivity contribution in [3.63, 3.8) is 0 Å². The first-order chi connectivity index (χ1) is 6.35.